The van der Waals surface area contributed by atoms with Crippen LogP contribution in [0.1, 0.15) is 11.3 Å². The van der Waals surface area contributed by atoms with Gasteiger partial charge >= 0.3 is 0 Å². The molecule has 0 aliphatic rings. The van der Waals surface area contributed by atoms with Crippen LogP contribution in [0, 0.1) is 18.6 Å². The first-order chi connectivity index (χ1) is 11.1. The van der Waals surface area contributed by atoms with Crippen molar-refractivity contribution >= 4 is 16.6 Å². The van der Waals surface area contributed by atoms with Gasteiger partial charge in [-0.1, -0.05) is 6.07 Å². The Kier molecular flexibility index (Phi) is 4.10. The van der Waals surface area contributed by atoms with Crippen LogP contribution in [0.4, 0.5) is 14.5 Å². The topological polar surface area (TPSA) is 34.1 Å². The van der Waals surface area contributed by atoms with Crippen molar-refractivity contribution in [2.24, 2.45) is 0 Å². The molecule has 0 fully saturated rings. The summed E-state index contributed by atoms with van der Waals surface area (Å²) in [4.78, 5) is 4.48. The first kappa shape index (κ1) is 15.2. The normalized spacial score (nSPS) is 10.8. The average Bonchev–Trinajstić information content (AvgIpc) is 2.53. The van der Waals surface area contributed by atoms with E-state index in [1.807, 2.05) is 31.2 Å². The Bertz CT molecular complexity index is 865. The summed E-state index contributed by atoms with van der Waals surface area (Å²) in [5.74, 6) is -0.425. The molecular formula is C18H16F2N2O. The van der Waals surface area contributed by atoms with Gasteiger partial charge in [0, 0.05) is 34.9 Å². The first-order valence-electron chi connectivity index (χ1n) is 7.20. The Morgan fingerprint density at radius 1 is 1.09 bits per heavy atom. The lowest BCUT2D eigenvalue weighted by Crippen LogP contribution is -2.03. The highest BCUT2D eigenvalue weighted by Gasteiger charge is 2.08. The molecule has 0 spiro atoms. The van der Waals surface area contributed by atoms with Gasteiger partial charge in [-0.3, -0.25) is 4.98 Å². The minimum Gasteiger partial charge on any atom is -0.497 e. The van der Waals surface area contributed by atoms with Crippen LogP contribution in [0.2, 0.25) is 0 Å². The SMILES string of the molecule is COc1ccc2nc(C)cc(NCc3ccc(F)cc3F)c2c1. The van der Waals surface area contributed by atoms with Gasteiger partial charge in [-0.05, 0) is 37.3 Å². The molecule has 0 bridgehead atoms. The molecule has 3 nitrogen and oxygen atoms in total. The summed E-state index contributed by atoms with van der Waals surface area (Å²) in [5, 5.41) is 4.08. The molecule has 0 aliphatic carbocycles. The number of rotatable bonds is 4. The Balaban J connectivity index is 1.95. The van der Waals surface area contributed by atoms with Crippen LogP contribution in [0.3, 0.4) is 0 Å². The zero-order chi connectivity index (χ0) is 16.4. The number of methoxy groups -OCH3 is 1. The Morgan fingerprint density at radius 2 is 1.91 bits per heavy atom. The molecule has 0 amide bonds. The van der Waals surface area contributed by atoms with Gasteiger partial charge in [0.25, 0.3) is 0 Å². The number of aryl methyl sites for hydroxylation is 1. The maximum absolute atomic E-state index is 13.8. The number of hydrogen-bond donors (Lipinski definition) is 1. The number of halogens is 2. The molecule has 2 aromatic carbocycles. The van der Waals surface area contributed by atoms with Crippen molar-refractivity contribution in [2.75, 3.05) is 12.4 Å². The molecule has 1 N–H and O–H groups in total. The van der Waals surface area contributed by atoms with Crippen LogP contribution in [0.5, 0.6) is 5.75 Å². The summed E-state index contributed by atoms with van der Waals surface area (Å²) in [6.45, 7) is 2.15. The quantitative estimate of drug-likeness (QED) is 0.773. The highest BCUT2D eigenvalue weighted by Crippen LogP contribution is 2.27. The summed E-state index contributed by atoms with van der Waals surface area (Å²) in [6.07, 6.45) is 0. The fraction of sp³-hybridized carbons (Fsp3) is 0.167. The second-order valence-electron chi connectivity index (χ2n) is 5.28. The fourth-order valence-corrected chi connectivity index (χ4v) is 2.47. The monoisotopic (exact) mass is 314 g/mol. The second-order valence-corrected chi connectivity index (χ2v) is 5.28. The Labute approximate surface area is 132 Å². The van der Waals surface area contributed by atoms with Crippen molar-refractivity contribution in [2.45, 2.75) is 13.5 Å². The molecule has 118 valence electrons. The van der Waals surface area contributed by atoms with E-state index < -0.39 is 11.6 Å². The standard InChI is InChI=1S/C18H16F2N2O/c1-11-7-18(15-9-14(23-2)5-6-17(15)22-11)21-10-12-3-4-13(19)8-16(12)20/h3-9H,10H2,1-2H3,(H,21,22). The van der Waals surface area contributed by atoms with E-state index in [4.69, 9.17) is 4.74 Å². The van der Waals surface area contributed by atoms with Gasteiger partial charge in [-0.25, -0.2) is 8.78 Å². The lowest BCUT2D eigenvalue weighted by Gasteiger charge is -2.12. The van der Waals surface area contributed by atoms with E-state index in [1.54, 1.807) is 7.11 Å². The number of fused-ring (bicyclic) bond motifs is 1. The van der Waals surface area contributed by atoms with Crippen molar-refractivity contribution in [1.29, 1.82) is 0 Å². The molecular weight excluding hydrogens is 298 g/mol. The number of hydrogen-bond acceptors (Lipinski definition) is 3. The van der Waals surface area contributed by atoms with E-state index in [0.717, 1.165) is 34.1 Å². The third-order valence-electron chi connectivity index (χ3n) is 3.63. The number of aromatic nitrogens is 1. The smallest absolute Gasteiger partial charge is 0.131 e. The van der Waals surface area contributed by atoms with Gasteiger partial charge in [0.1, 0.15) is 17.4 Å². The van der Waals surface area contributed by atoms with E-state index in [9.17, 15) is 8.78 Å². The lowest BCUT2D eigenvalue weighted by molar-refractivity contribution is 0.415. The van der Waals surface area contributed by atoms with Crippen LogP contribution in [-0.2, 0) is 6.54 Å². The van der Waals surface area contributed by atoms with Crippen molar-refractivity contribution in [3.05, 3.63) is 65.4 Å². The van der Waals surface area contributed by atoms with Gasteiger partial charge in [-0.15, -0.1) is 0 Å². The maximum Gasteiger partial charge on any atom is 0.131 e. The van der Waals surface area contributed by atoms with Crippen molar-refractivity contribution in [3.63, 3.8) is 0 Å². The highest BCUT2D eigenvalue weighted by molar-refractivity contribution is 5.92. The third kappa shape index (κ3) is 3.23. The molecule has 23 heavy (non-hydrogen) atoms. The zero-order valence-corrected chi connectivity index (χ0v) is 12.9. The summed E-state index contributed by atoms with van der Waals surface area (Å²) < 4.78 is 32.0. The molecule has 1 aromatic heterocycles. The molecule has 3 aromatic rings. The average molecular weight is 314 g/mol. The number of benzene rings is 2. The van der Waals surface area contributed by atoms with Crippen molar-refractivity contribution in [3.8, 4) is 5.75 Å². The predicted octanol–water partition coefficient (Wildman–Crippen LogP) is 4.44. The molecule has 3 rings (SSSR count). The van der Waals surface area contributed by atoms with Crippen LogP contribution < -0.4 is 10.1 Å². The molecule has 0 saturated carbocycles. The van der Waals surface area contributed by atoms with Crippen LogP contribution in [0.15, 0.2) is 42.5 Å². The van der Waals surface area contributed by atoms with E-state index in [0.29, 0.717) is 5.56 Å². The zero-order valence-electron chi connectivity index (χ0n) is 12.9. The van der Waals surface area contributed by atoms with Gasteiger partial charge < -0.3 is 10.1 Å². The molecule has 0 atom stereocenters. The Hall–Kier alpha value is -2.69. The number of nitrogens with one attached hydrogen (secondary N) is 1. The molecule has 5 heteroatoms. The molecule has 0 unspecified atom stereocenters. The van der Waals surface area contributed by atoms with Crippen LogP contribution in [0.25, 0.3) is 10.9 Å². The number of ether oxygens (including phenoxy) is 1. The number of anilines is 1. The number of nitrogens with zero attached hydrogens (tertiary/aromatic N) is 1. The molecule has 1 heterocycles. The first-order valence-corrected chi connectivity index (χ1v) is 7.20. The minimum atomic E-state index is -0.582. The van der Waals surface area contributed by atoms with Gasteiger partial charge in [0.05, 0.1) is 12.6 Å². The summed E-state index contributed by atoms with van der Waals surface area (Å²) in [7, 11) is 1.60. The van der Waals surface area contributed by atoms with Crippen molar-refractivity contribution < 1.29 is 13.5 Å². The molecule has 0 aliphatic heterocycles. The van der Waals surface area contributed by atoms with Crippen molar-refractivity contribution in [1.82, 2.24) is 4.98 Å². The minimum absolute atomic E-state index is 0.252. The lowest BCUT2D eigenvalue weighted by atomic mass is 10.1. The third-order valence-corrected chi connectivity index (χ3v) is 3.63. The second kappa shape index (κ2) is 6.20. The largest absolute Gasteiger partial charge is 0.497 e. The molecule has 0 saturated heterocycles. The van der Waals surface area contributed by atoms with E-state index in [-0.39, 0.29) is 6.54 Å². The molecule has 0 radical (unpaired) electrons. The van der Waals surface area contributed by atoms with E-state index in [1.165, 1.54) is 12.1 Å². The van der Waals surface area contributed by atoms with Crippen LogP contribution >= 0.6 is 0 Å². The highest BCUT2D eigenvalue weighted by atomic mass is 19.1. The number of pyridine rings is 1. The van der Waals surface area contributed by atoms with Gasteiger partial charge in [-0.2, -0.15) is 0 Å². The van der Waals surface area contributed by atoms with Crippen LogP contribution in [-0.4, -0.2) is 12.1 Å². The predicted molar refractivity (Wildman–Crippen MR) is 86.7 cm³/mol. The maximum atomic E-state index is 13.8. The van der Waals surface area contributed by atoms with Gasteiger partial charge in [0.2, 0.25) is 0 Å². The van der Waals surface area contributed by atoms with E-state index >= 15 is 0 Å². The van der Waals surface area contributed by atoms with Gasteiger partial charge in [0.15, 0.2) is 0 Å². The van der Waals surface area contributed by atoms with E-state index in [2.05, 4.69) is 10.3 Å². The fourth-order valence-electron chi connectivity index (χ4n) is 2.47. The Morgan fingerprint density at radius 3 is 2.65 bits per heavy atom. The summed E-state index contributed by atoms with van der Waals surface area (Å²) >= 11 is 0. The summed E-state index contributed by atoms with van der Waals surface area (Å²) in [5.41, 5.74) is 2.91. The summed E-state index contributed by atoms with van der Waals surface area (Å²) in [6, 6.07) is 11.1.